The highest BCUT2D eigenvalue weighted by atomic mass is 19.4. The third-order valence-corrected chi connectivity index (χ3v) is 3.92. The van der Waals surface area contributed by atoms with E-state index < -0.39 is 29.8 Å². The normalized spacial score (nSPS) is 21.1. The van der Waals surface area contributed by atoms with E-state index in [9.17, 15) is 23.1 Å². The van der Waals surface area contributed by atoms with Gasteiger partial charge in [-0.15, -0.1) is 0 Å². The molecule has 0 spiro atoms. The summed E-state index contributed by atoms with van der Waals surface area (Å²) in [5.41, 5.74) is -0.365. The third-order valence-electron chi connectivity index (χ3n) is 3.92. The Morgan fingerprint density at radius 3 is 2.75 bits per heavy atom. The fourth-order valence-electron chi connectivity index (χ4n) is 2.83. The number of rotatable bonds is 2. The minimum absolute atomic E-state index is 0.0380. The molecule has 3 rings (SSSR count). The Kier molecular flexibility index (Phi) is 4.23. The highest BCUT2D eigenvalue weighted by Crippen LogP contribution is 2.36. The number of aliphatic hydroxyl groups excluding tert-OH is 1. The van der Waals surface area contributed by atoms with Gasteiger partial charge in [-0.05, 0) is 24.1 Å². The van der Waals surface area contributed by atoms with Gasteiger partial charge in [-0.2, -0.15) is 13.2 Å². The summed E-state index contributed by atoms with van der Waals surface area (Å²) < 4.78 is 38.7. The molecule has 0 saturated carbocycles. The molecule has 1 N–H and O–H groups in total. The van der Waals surface area contributed by atoms with E-state index in [4.69, 9.17) is 0 Å². The number of hydrogen-bond donors (Lipinski definition) is 1. The maximum absolute atomic E-state index is 12.9. The number of benzene rings is 1. The van der Waals surface area contributed by atoms with Crippen LogP contribution in [0.2, 0.25) is 0 Å². The van der Waals surface area contributed by atoms with Crippen LogP contribution in [0, 0.1) is 0 Å². The standard InChI is InChI=1S/C16H14F3N3O2/c17-16(18,19)11-3-1-2-10(6-11)14-7-12(23)9-22(14)15(24)13-8-20-4-5-21-13/h1-6,8,12,14,23H,7,9H2/t12-,14-/m0/s1. The fourth-order valence-corrected chi connectivity index (χ4v) is 2.83. The Hall–Kier alpha value is -2.48. The number of carbonyl (C=O) groups is 1. The first-order chi connectivity index (χ1) is 11.4. The first kappa shape index (κ1) is 16.4. The molecule has 1 aliphatic heterocycles. The van der Waals surface area contributed by atoms with Gasteiger partial charge in [0.25, 0.3) is 5.91 Å². The van der Waals surface area contributed by atoms with Crippen molar-refractivity contribution in [1.29, 1.82) is 0 Å². The van der Waals surface area contributed by atoms with E-state index in [1.165, 1.54) is 35.6 Å². The number of hydrogen-bond acceptors (Lipinski definition) is 4. The van der Waals surface area contributed by atoms with Gasteiger partial charge in [-0.1, -0.05) is 12.1 Å². The van der Waals surface area contributed by atoms with Crippen molar-refractivity contribution in [3.63, 3.8) is 0 Å². The fraction of sp³-hybridized carbons (Fsp3) is 0.312. The third kappa shape index (κ3) is 3.23. The maximum Gasteiger partial charge on any atom is 0.416 e. The van der Waals surface area contributed by atoms with E-state index in [1.807, 2.05) is 0 Å². The Bertz CT molecular complexity index is 737. The Morgan fingerprint density at radius 2 is 2.08 bits per heavy atom. The molecule has 1 aromatic heterocycles. The molecule has 0 bridgehead atoms. The summed E-state index contributed by atoms with van der Waals surface area (Å²) in [6, 6.07) is 4.17. The number of amides is 1. The van der Waals surface area contributed by atoms with Crippen LogP contribution in [0.4, 0.5) is 13.2 Å². The second kappa shape index (κ2) is 6.20. The number of carbonyl (C=O) groups excluding carboxylic acids is 1. The quantitative estimate of drug-likeness (QED) is 0.914. The lowest BCUT2D eigenvalue weighted by atomic mass is 10.0. The van der Waals surface area contributed by atoms with Gasteiger partial charge in [0, 0.05) is 18.9 Å². The highest BCUT2D eigenvalue weighted by Gasteiger charge is 2.38. The second-order valence-corrected chi connectivity index (χ2v) is 5.58. The van der Waals surface area contributed by atoms with E-state index in [1.54, 1.807) is 0 Å². The summed E-state index contributed by atoms with van der Waals surface area (Å²) in [4.78, 5) is 21.6. The smallest absolute Gasteiger partial charge is 0.391 e. The van der Waals surface area contributed by atoms with Crippen molar-refractivity contribution < 1.29 is 23.1 Å². The average Bonchev–Trinajstić information content (AvgIpc) is 2.96. The lowest BCUT2D eigenvalue weighted by molar-refractivity contribution is -0.137. The van der Waals surface area contributed by atoms with Gasteiger partial charge in [-0.25, -0.2) is 4.98 Å². The number of alkyl halides is 3. The van der Waals surface area contributed by atoms with Gasteiger partial charge in [0.05, 0.1) is 23.9 Å². The summed E-state index contributed by atoms with van der Waals surface area (Å²) in [6.45, 7) is 0.0380. The molecule has 24 heavy (non-hydrogen) atoms. The molecule has 126 valence electrons. The van der Waals surface area contributed by atoms with Crippen molar-refractivity contribution in [3.05, 3.63) is 59.7 Å². The van der Waals surface area contributed by atoms with Crippen molar-refractivity contribution in [3.8, 4) is 0 Å². The van der Waals surface area contributed by atoms with Crippen LogP contribution >= 0.6 is 0 Å². The van der Waals surface area contributed by atoms with Crippen LogP contribution in [0.25, 0.3) is 0 Å². The zero-order valence-corrected chi connectivity index (χ0v) is 12.4. The van der Waals surface area contributed by atoms with Gasteiger partial charge in [0.2, 0.25) is 0 Å². The Labute approximate surface area is 135 Å². The van der Waals surface area contributed by atoms with Gasteiger partial charge in [-0.3, -0.25) is 9.78 Å². The van der Waals surface area contributed by atoms with Gasteiger partial charge in [0.1, 0.15) is 5.69 Å². The van der Waals surface area contributed by atoms with Crippen LogP contribution < -0.4 is 0 Å². The molecule has 1 saturated heterocycles. The van der Waals surface area contributed by atoms with Crippen molar-refractivity contribution in [1.82, 2.24) is 14.9 Å². The molecular formula is C16H14F3N3O2. The highest BCUT2D eigenvalue weighted by molar-refractivity contribution is 5.92. The minimum Gasteiger partial charge on any atom is -0.391 e. The summed E-state index contributed by atoms with van der Waals surface area (Å²) in [7, 11) is 0. The summed E-state index contributed by atoms with van der Waals surface area (Å²) in [5.74, 6) is -0.470. The van der Waals surface area contributed by atoms with Gasteiger partial charge >= 0.3 is 6.18 Å². The molecule has 2 atom stereocenters. The maximum atomic E-state index is 12.9. The van der Waals surface area contributed by atoms with Crippen molar-refractivity contribution in [2.24, 2.45) is 0 Å². The minimum atomic E-state index is -4.47. The number of halogens is 3. The van der Waals surface area contributed by atoms with Crippen LogP contribution in [-0.2, 0) is 6.18 Å². The number of likely N-dealkylation sites (tertiary alicyclic amines) is 1. The first-order valence-electron chi connectivity index (χ1n) is 7.28. The molecule has 0 radical (unpaired) electrons. The van der Waals surface area contributed by atoms with Crippen molar-refractivity contribution >= 4 is 5.91 Å². The predicted molar refractivity (Wildman–Crippen MR) is 77.9 cm³/mol. The van der Waals surface area contributed by atoms with Crippen LogP contribution in [0.3, 0.4) is 0 Å². The first-order valence-corrected chi connectivity index (χ1v) is 7.28. The molecule has 1 fully saturated rings. The zero-order valence-electron chi connectivity index (χ0n) is 12.4. The summed E-state index contributed by atoms with van der Waals surface area (Å²) in [5, 5.41) is 9.90. The van der Waals surface area contributed by atoms with E-state index >= 15 is 0 Å². The lowest BCUT2D eigenvalue weighted by Crippen LogP contribution is -2.32. The van der Waals surface area contributed by atoms with E-state index in [2.05, 4.69) is 9.97 Å². The molecule has 5 nitrogen and oxygen atoms in total. The van der Waals surface area contributed by atoms with E-state index in [0.717, 1.165) is 12.1 Å². The molecular weight excluding hydrogens is 323 g/mol. The summed E-state index contributed by atoms with van der Waals surface area (Å²) in [6.07, 6.45) is -1.03. The van der Waals surface area contributed by atoms with E-state index in [-0.39, 0.29) is 18.7 Å². The average molecular weight is 337 g/mol. The molecule has 1 amide bonds. The number of aromatic nitrogens is 2. The van der Waals surface area contributed by atoms with Gasteiger partial charge < -0.3 is 10.0 Å². The molecule has 0 aliphatic carbocycles. The molecule has 2 heterocycles. The summed E-state index contributed by atoms with van der Waals surface area (Å²) >= 11 is 0. The monoisotopic (exact) mass is 337 g/mol. The van der Waals surface area contributed by atoms with E-state index in [0.29, 0.717) is 5.56 Å². The Balaban J connectivity index is 1.93. The molecule has 2 aromatic rings. The zero-order chi connectivity index (χ0) is 17.3. The Morgan fingerprint density at radius 1 is 1.29 bits per heavy atom. The van der Waals surface area contributed by atoms with Crippen LogP contribution in [-0.4, -0.2) is 38.5 Å². The number of β-amino-alcohol motifs (C(OH)–C–C–N with tert-alkyl or cyclic N) is 1. The predicted octanol–water partition coefficient (Wildman–Crippen LogP) is 2.44. The van der Waals surface area contributed by atoms with Crippen LogP contribution in [0.5, 0.6) is 0 Å². The topological polar surface area (TPSA) is 66.3 Å². The largest absolute Gasteiger partial charge is 0.416 e. The molecule has 1 aliphatic rings. The molecule has 1 aromatic carbocycles. The SMILES string of the molecule is O=C(c1cnccn1)N1C[C@@H](O)C[C@H]1c1cccc(C(F)(F)F)c1. The van der Waals surface area contributed by atoms with Gasteiger partial charge in [0.15, 0.2) is 0 Å². The van der Waals surface area contributed by atoms with Crippen molar-refractivity contribution in [2.75, 3.05) is 6.54 Å². The van der Waals surface area contributed by atoms with Crippen LogP contribution in [0.15, 0.2) is 42.9 Å². The number of nitrogens with zero attached hydrogens (tertiary/aromatic N) is 3. The van der Waals surface area contributed by atoms with Crippen molar-refractivity contribution in [2.45, 2.75) is 24.7 Å². The second-order valence-electron chi connectivity index (χ2n) is 5.58. The van der Waals surface area contributed by atoms with Crippen LogP contribution in [0.1, 0.15) is 34.1 Å². The number of aliphatic hydroxyl groups is 1. The molecule has 0 unspecified atom stereocenters. The molecule has 8 heteroatoms. The lowest BCUT2D eigenvalue weighted by Gasteiger charge is -2.25.